The second kappa shape index (κ2) is 16.8. The summed E-state index contributed by atoms with van der Waals surface area (Å²) in [5.74, 6) is -0.0179. The third-order valence-corrected chi connectivity index (χ3v) is 15.0. The van der Waals surface area contributed by atoms with Gasteiger partial charge in [-0.15, -0.1) is 0 Å². The number of anilines is 1. The van der Waals surface area contributed by atoms with E-state index in [1.54, 1.807) is 43.5 Å². The lowest BCUT2D eigenvalue weighted by atomic mass is 9.49. The topological polar surface area (TPSA) is 180 Å². The zero-order valence-electron chi connectivity index (χ0n) is 38.0. The third kappa shape index (κ3) is 7.98. The molecule has 2 N–H and O–H groups in total. The van der Waals surface area contributed by atoms with E-state index >= 15 is 0 Å². The van der Waals surface area contributed by atoms with Gasteiger partial charge >= 0.3 is 0 Å². The number of methoxy groups -OCH3 is 2. The Kier molecular flexibility index (Phi) is 11.4. The van der Waals surface area contributed by atoms with Crippen molar-refractivity contribution in [1.82, 2.24) is 20.4 Å². The maximum Gasteiger partial charge on any atom is 0.262 e. The van der Waals surface area contributed by atoms with Crippen molar-refractivity contribution in [2.24, 2.45) is 22.2 Å². The van der Waals surface area contributed by atoms with Gasteiger partial charge in [0.05, 0.1) is 30.4 Å². The Labute approximate surface area is 379 Å². The van der Waals surface area contributed by atoms with Crippen LogP contribution in [0.1, 0.15) is 103 Å². The number of benzene rings is 3. The summed E-state index contributed by atoms with van der Waals surface area (Å²) < 4.78 is 23.6. The first-order chi connectivity index (χ1) is 31.0. The number of hydrogen-bond donors (Lipinski definition) is 2. The van der Waals surface area contributed by atoms with E-state index in [0.717, 1.165) is 49.6 Å². The van der Waals surface area contributed by atoms with Crippen LogP contribution >= 0.6 is 0 Å². The Hall–Kier alpha value is -5.98. The second-order valence-corrected chi connectivity index (χ2v) is 20.2. The number of nitriles is 1. The van der Waals surface area contributed by atoms with Gasteiger partial charge in [-0.25, -0.2) is 0 Å². The molecule has 1 spiro atoms. The number of nitrogens with zero attached hydrogens (tertiary/aromatic N) is 4. The van der Waals surface area contributed by atoms with E-state index in [-0.39, 0.29) is 59.0 Å². The fourth-order valence-electron chi connectivity index (χ4n) is 11.9. The molecule has 0 radical (unpaired) electrons. The molecule has 15 heteroatoms. The highest BCUT2D eigenvalue weighted by Crippen LogP contribution is 2.56. The monoisotopic (exact) mass is 886 g/mol. The molecule has 0 unspecified atom stereocenters. The molecule has 1 atom stereocenters. The molecule has 65 heavy (non-hydrogen) atoms. The Morgan fingerprint density at radius 1 is 0.892 bits per heavy atom. The van der Waals surface area contributed by atoms with E-state index in [1.165, 1.54) is 20.0 Å². The van der Waals surface area contributed by atoms with Crippen molar-refractivity contribution in [1.29, 1.82) is 5.26 Å². The van der Waals surface area contributed by atoms with Crippen LogP contribution in [0.15, 0.2) is 60.7 Å². The SMILES string of the molecule is COCCN(CC1CC2(C1)CN(c1ccc(C(=O)NC3C(C)(C)C(Oc4ccc(C#N)c(OC)c4)C3(C)C)cc1)C2)C1CC(Oc2ccc3c(c2)C(=O)N([C@@H]2CCC(=O)NC2=O)C3=O)C1. The van der Waals surface area contributed by atoms with Gasteiger partial charge in [0.1, 0.15) is 41.6 Å². The second-order valence-electron chi connectivity index (χ2n) is 20.2. The molecule has 15 nitrogen and oxygen atoms in total. The van der Waals surface area contributed by atoms with E-state index in [4.69, 9.17) is 18.9 Å². The van der Waals surface area contributed by atoms with Gasteiger partial charge in [-0.2, -0.15) is 5.26 Å². The molecule has 5 fully saturated rings. The number of carbonyl (C=O) groups excluding carboxylic acids is 5. The highest BCUT2D eigenvalue weighted by atomic mass is 16.5. The summed E-state index contributed by atoms with van der Waals surface area (Å²) >= 11 is 0. The molecular weight excluding hydrogens is 829 g/mol. The van der Waals surface area contributed by atoms with Crippen LogP contribution in [-0.2, 0) is 14.3 Å². The van der Waals surface area contributed by atoms with Crippen LogP contribution in [0.5, 0.6) is 17.2 Å². The summed E-state index contributed by atoms with van der Waals surface area (Å²) in [6.07, 6.45) is 4.02. The minimum Gasteiger partial charge on any atom is -0.495 e. The van der Waals surface area contributed by atoms with Crippen molar-refractivity contribution < 1.29 is 42.9 Å². The van der Waals surface area contributed by atoms with Gasteiger partial charge in [-0.05, 0) is 79.8 Å². The van der Waals surface area contributed by atoms with Crippen LogP contribution in [0.4, 0.5) is 5.69 Å². The maximum atomic E-state index is 13.6. The minimum absolute atomic E-state index is 0.0256. The molecule has 3 aliphatic carbocycles. The van der Waals surface area contributed by atoms with Gasteiger partial charge in [-0.1, -0.05) is 27.7 Å². The van der Waals surface area contributed by atoms with Crippen LogP contribution < -0.4 is 29.7 Å². The van der Waals surface area contributed by atoms with Crippen molar-refractivity contribution in [2.45, 2.75) is 96.6 Å². The lowest BCUT2D eigenvalue weighted by molar-refractivity contribution is -0.164. The summed E-state index contributed by atoms with van der Waals surface area (Å²) in [5, 5.41) is 14.9. The molecule has 3 aliphatic heterocycles. The van der Waals surface area contributed by atoms with Gasteiger partial charge in [0, 0.05) is 98.2 Å². The summed E-state index contributed by atoms with van der Waals surface area (Å²) in [7, 11) is 3.26. The minimum atomic E-state index is -1.01. The molecule has 342 valence electrons. The van der Waals surface area contributed by atoms with Crippen molar-refractivity contribution in [3.8, 4) is 23.3 Å². The van der Waals surface area contributed by atoms with Gasteiger partial charge in [0.2, 0.25) is 11.8 Å². The van der Waals surface area contributed by atoms with Crippen molar-refractivity contribution in [3.05, 3.63) is 82.9 Å². The quantitative estimate of drug-likeness (QED) is 0.187. The standard InChI is InChI=1S/C50H58N6O9/c1-48(2)46(49(3,4)47(48)65-35-12-9-31(25-51)40(22-35)63-6)53-42(58)30-7-10-32(11-8-30)55-27-50(28-55)23-29(24-50)26-54(17-18-62-5)33-19-36(20-33)64-34-13-14-37-38(21-34)45(61)56(44(37)60)39-15-16-41(57)52-43(39)59/h7-14,21-22,29,33,36,39,46-47H,15-20,23-24,26-28H2,1-6H3,(H,53,58)(H,52,57,59)/t33?,36?,39-,46?,47?/m1/s1. The zero-order chi connectivity index (χ0) is 46.0. The molecule has 0 aromatic heterocycles. The number of imide groups is 2. The highest BCUT2D eigenvalue weighted by molar-refractivity contribution is 6.23. The summed E-state index contributed by atoms with van der Waals surface area (Å²) in [4.78, 5) is 70.0. The lowest BCUT2D eigenvalue weighted by Gasteiger charge is -2.63. The third-order valence-electron chi connectivity index (χ3n) is 15.0. The number of ether oxygens (including phenoxy) is 4. The average Bonchev–Trinajstić information content (AvgIpc) is 3.49. The Morgan fingerprint density at radius 3 is 2.23 bits per heavy atom. The largest absolute Gasteiger partial charge is 0.495 e. The molecule has 9 rings (SSSR count). The van der Waals surface area contributed by atoms with Gasteiger partial charge in [-0.3, -0.25) is 39.1 Å². The average molecular weight is 887 g/mol. The van der Waals surface area contributed by atoms with Crippen LogP contribution in [0, 0.1) is 33.5 Å². The number of carbonyl (C=O) groups is 5. The smallest absolute Gasteiger partial charge is 0.262 e. The van der Waals surface area contributed by atoms with Crippen molar-refractivity contribution in [2.75, 3.05) is 51.9 Å². The molecular formula is C50H58N6O9. The fourth-order valence-corrected chi connectivity index (χ4v) is 11.9. The predicted octanol–water partition coefficient (Wildman–Crippen LogP) is 5.35. The predicted molar refractivity (Wildman–Crippen MR) is 239 cm³/mol. The Morgan fingerprint density at radius 2 is 1.57 bits per heavy atom. The summed E-state index contributed by atoms with van der Waals surface area (Å²) in [6, 6.07) is 19.4. The van der Waals surface area contributed by atoms with Gasteiger partial charge in [0.25, 0.3) is 17.7 Å². The van der Waals surface area contributed by atoms with E-state index in [9.17, 15) is 29.2 Å². The fraction of sp³-hybridized carbons (Fsp3) is 0.520. The van der Waals surface area contributed by atoms with Crippen LogP contribution in [0.2, 0.25) is 0 Å². The zero-order valence-corrected chi connectivity index (χ0v) is 38.0. The summed E-state index contributed by atoms with van der Waals surface area (Å²) in [5.41, 5.74) is 2.26. The van der Waals surface area contributed by atoms with E-state index in [2.05, 4.69) is 66.3 Å². The highest BCUT2D eigenvalue weighted by Gasteiger charge is 2.64. The molecule has 0 bridgehead atoms. The Bertz CT molecular complexity index is 2430. The molecule has 3 aromatic rings. The van der Waals surface area contributed by atoms with Crippen molar-refractivity contribution >= 4 is 35.2 Å². The van der Waals surface area contributed by atoms with E-state index in [1.807, 2.05) is 12.1 Å². The normalized spacial score (nSPS) is 26.0. The van der Waals surface area contributed by atoms with E-state index in [0.29, 0.717) is 52.4 Å². The van der Waals surface area contributed by atoms with Crippen LogP contribution in [-0.4, -0.2) is 117 Å². The van der Waals surface area contributed by atoms with Crippen molar-refractivity contribution in [3.63, 3.8) is 0 Å². The first-order valence-electron chi connectivity index (χ1n) is 22.7. The number of piperidine rings is 1. The number of rotatable bonds is 15. The number of hydrogen-bond acceptors (Lipinski definition) is 12. The van der Waals surface area contributed by atoms with E-state index < -0.39 is 29.7 Å². The molecule has 3 heterocycles. The first-order valence-corrected chi connectivity index (χ1v) is 22.7. The number of nitrogens with one attached hydrogen (secondary N) is 2. The summed E-state index contributed by atoms with van der Waals surface area (Å²) in [6.45, 7) is 12.9. The molecule has 3 aromatic carbocycles. The van der Waals surface area contributed by atoms with Crippen LogP contribution in [0.25, 0.3) is 0 Å². The van der Waals surface area contributed by atoms with Gasteiger partial charge < -0.3 is 29.2 Å². The van der Waals surface area contributed by atoms with Crippen LogP contribution in [0.3, 0.4) is 0 Å². The maximum absolute atomic E-state index is 13.6. The first kappa shape index (κ1) is 44.2. The number of fused-ring (bicyclic) bond motifs is 1. The number of amides is 5. The molecule has 2 saturated heterocycles. The molecule has 3 saturated carbocycles. The van der Waals surface area contributed by atoms with Gasteiger partial charge in [0.15, 0.2) is 0 Å². The Balaban J connectivity index is 0.726. The lowest BCUT2D eigenvalue weighted by Crippen LogP contribution is -2.74. The molecule has 6 aliphatic rings. The molecule has 5 amide bonds.